The van der Waals surface area contributed by atoms with E-state index in [2.05, 4.69) is 40.0 Å². The summed E-state index contributed by atoms with van der Waals surface area (Å²) in [5, 5.41) is 14.2. The fourth-order valence-corrected chi connectivity index (χ4v) is 2.62. The fraction of sp³-hybridized carbons (Fsp3) is 0.571. The molecule has 0 aliphatic rings. The lowest BCUT2D eigenvalue weighted by Gasteiger charge is -2.25. The summed E-state index contributed by atoms with van der Waals surface area (Å²) in [6.07, 6.45) is 1.04. The van der Waals surface area contributed by atoms with Crippen LogP contribution in [0.25, 0.3) is 0 Å². The Bertz CT molecular complexity index is 454. The zero-order valence-corrected chi connectivity index (χ0v) is 14.0. The molecule has 0 spiro atoms. The molecule has 1 N–H and O–H groups in total. The maximum atomic E-state index is 10.7. The zero-order chi connectivity index (χ0) is 15.3. The number of rotatable bonds is 7. The Hall–Kier alpha value is -1.14. The van der Waals surface area contributed by atoms with E-state index in [1.807, 2.05) is 14.1 Å². The second-order valence-electron chi connectivity index (χ2n) is 5.65. The summed E-state index contributed by atoms with van der Waals surface area (Å²) in [7, 11) is 4.08. The van der Waals surface area contributed by atoms with E-state index in [9.17, 15) is 10.1 Å². The van der Waals surface area contributed by atoms with Gasteiger partial charge in [0.15, 0.2) is 0 Å². The molecule has 5 nitrogen and oxygen atoms in total. The first-order valence-electron chi connectivity index (χ1n) is 6.64. The second-order valence-corrected chi connectivity index (χ2v) is 6.51. The Morgan fingerprint density at radius 3 is 2.50 bits per heavy atom. The third-order valence-corrected chi connectivity index (χ3v) is 3.52. The predicted octanol–water partition coefficient (Wildman–Crippen LogP) is 3.75. The minimum absolute atomic E-state index is 0.0930. The minimum atomic E-state index is -0.389. The number of anilines is 1. The van der Waals surface area contributed by atoms with Gasteiger partial charge in [-0.1, -0.05) is 13.8 Å². The summed E-state index contributed by atoms with van der Waals surface area (Å²) >= 11 is 3.40. The van der Waals surface area contributed by atoms with Gasteiger partial charge in [0, 0.05) is 34.9 Å². The first-order valence-corrected chi connectivity index (χ1v) is 7.44. The molecule has 0 bridgehead atoms. The number of halogens is 1. The fourth-order valence-electron chi connectivity index (χ4n) is 2.14. The summed E-state index contributed by atoms with van der Waals surface area (Å²) < 4.78 is 0.721. The Balaban J connectivity index is 2.84. The molecule has 0 fully saturated rings. The molecule has 1 aromatic carbocycles. The van der Waals surface area contributed by atoms with Gasteiger partial charge in [0.25, 0.3) is 5.69 Å². The standard InChI is InChI=1S/C14H22BrN3O2/c1-10(2)7-11(9-17(3)4)16-14-6-5-12(18(19)20)8-13(14)15/h5-6,8,10-11,16H,7,9H2,1-4H3. The van der Waals surface area contributed by atoms with Crippen LogP contribution >= 0.6 is 15.9 Å². The molecular formula is C14H22BrN3O2. The summed E-state index contributed by atoms with van der Waals surface area (Å²) in [6, 6.07) is 5.12. The average molecular weight is 344 g/mol. The number of likely N-dealkylation sites (N-methyl/N-ethyl adjacent to an activating group) is 1. The molecule has 0 aromatic heterocycles. The Kier molecular flexibility index (Phi) is 6.42. The maximum Gasteiger partial charge on any atom is 0.270 e. The number of hydrogen-bond acceptors (Lipinski definition) is 4. The molecule has 0 saturated carbocycles. The highest BCUT2D eigenvalue weighted by atomic mass is 79.9. The molecule has 0 amide bonds. The van der Waals surface area contributed by atoms with E-state index < -0.39 is 0 Å². The van der Waals surface area contributed by atoms with Gasteiger partial charge in [-0.2, -0.15) is 0 Å². The lowest BCUT2D eigenvalue weighted by molar-refractivity contribution is -0.384. The van der Waals surface area contributed by atoms with Gasteiger partial charge in [-0.25, -0.2) is 0 Å². The Labute approximate surface area is 128 Å². The van der Waals surface area contributed by atoms with Crippen LogP contribution in [0.1, 0.15) is 20.3 Å². The summed E-state index contributed by atoms with van der Waals surface area (Å²) in [6.45, 7) is 5.30. The van der Waals surface area contributed by atoms with Crippen LogP contribution in [0.4, 0.5) is 11.4 Å². The highest BCUT2D eigenvalue weighted by Gasteiger charge is 2.15. The van der Waals surface area contributed by atoms with Crippen LogP contribution < -0.4 is 5.32 Å². The SMILES string of the molecule is CC(C)CC(CN(C)C)Nc1ccc([N+](=O)[O-])cc1Br. The van der Waals surface area contributed by atoms with Crippen LogP contribution in [0.5, 0.6) is 0 Å². The number of nitro groups is 1. The zero-order valence-electron chi connectivity index (χ0n) is 12.4. The first-order chi connectivity index (χ1) is 9.29. The smallest absolute Gasteiger partial charge is 0.270 e. The summed E-state index contributed by atoms with van der Waals surface area (Å²) in [5.74, 6) is 0.587. The van der Waals surface area contributed by atoms with Crippen molar-refractivity contribution in [3.05, 3.63) is 32.8 Å². The Morgan fingerprint density at radius 2 is 2.05 bits per heavy atom. The molecule has 0 aliphatic carbocycles. The van der Waals surface area contributed by atoms with Crippen LogP contribution in [0.15, 0.2) is 22.7 Å². The van der Waals surface area contributed by atoms with Gasteiger partial charge in [-0.3, -0.25) is 10.1 Å². The number of benzene rings is 1. The topological polar surface area (TPSA) is 58.4 Å². The van der Waals surface area contributed by atoms with Gasteiger partial charge in [-0.05, 0) is 48.4 Å². The summed E-state index contributed by atoms with van der Waals surface area (Å²) in [4.78, 5) is 12.5. The largest absolute Gasteiger partial charge is 0.380 e. The van der Waals surface area contributed by atoms with E-state index in [4.69, 9.17) is 0 Å². The van der Waals surface area contributed by atoms with Crippen LogP contribution in [0.3, 0.4) is 0 Å². The number of hydrogen-bond donors (Lipinski definition) is 1. The van der Waals surface area contributed by atoms with Gasteiger partial charge in [0.05, 0.1) is 4.92 Å². The lowest BCUT2D eigenvalue weighted by atomic mass is 10.0. The van der Waals surface area contributed by atoms with E-state index in [1.165, 1.54) is 12.1 Å². The van der Waals surface area contributed by atoms with Crippen molar-refractivity contribution >= 4 is 27.3 Å². The van der Waals surface area contributed by atoms with Gasteiger partial charge >= 0.3 is 0 Å². The van der Waals surface area contributed by atoms with Crippen molar-refractivity contribution in [3.8, 4) is 0 Å². The average Bonchev–Trinajstić information content (AvgIpc) is 2.29. The number of nitrogens with zero attached hydrogens (tertiary/aromatic N) is 2. The molecule has 20 heavy (non-hydrogen) atoms. The monoisotopic (exact) mass is 343 g/mol. The van der Waals surface area contributed by atoms with Crippen molar-refractivity contribution in [2.45, 2.75) is 26.3 Å². The third-order valence-electron chi connectivity index (χ3n) is 2.86. The highest BCUT2D eigenvalue weighted by Crippen LogP contribution is 2.28. The summed E-state index contributed by atoms with van der Waals surface area (Å²) in [5.41, 5.74) is 0.985. The quantitative estimate of drug-likeness (QED) is 0.605. The predicted molar refractivity (Wildman–Crippen MR) is 86.2 cm³/mol. The molecule has 0 radical (unpaired) electrons. The molecular weight excluding hydrogens is 322 g/mol. The highest BCUT2D eigenvalue weighted by molar-refractivity contribution is 9.10. The lowest BCUT2D eigenvalue weighted by Crippen LogP contribution is -2.33. The molecule has 1 rings (SSSR count). The van der Waals surface area contributed by atoms with Gasteiger partial charge in [0.2, 0.25) is 0 Å². The van der Waals surface area contributed by atoms with E-state index in [0.717, 1.165) is 23.1 Å². The minimum Gasteiger partial charge on any atom is -0.380 e. The van der Waals surface area contributed by atoms with Crippen LogP contribution in [-0.2, 0) is 0 Å². The number of nitrogens with one attached hydrogen (secondary N) is 1. The Morgan fingerprint density at radius 1 is 1.40 bits per heavy atom. The molecule has 112 valence electrons. The van der Waals surface area contributed by atoms with Crippen molar-refractivity contribution in [1.29, 1.82) is 0 Å². The van der Waals surface area contributed by atoms with Crippen LogP contribution in [-0.4, -0.2) is 36.5 Å². The number of non-ortho nitro benzene ring substituents is 1. The van der Waals surface area contributed by atoms with Crippen molar-refractivity contribution in [1.82, 2.24) is 4.90 Å². The van der Waals surface area contributed by atoms with Crippen molar-refractivity contribution < 1.29 is 4.92 Å². The van der Waals surface area contributed by atoms with Gasteiger partial charge < -0.3 is 10.2 Å². The molecule has 0 heterocycles. The molecule has 0 saturated heterocycles. The van der Waals surface area contributed by atoms with Gasteiger partial charge in [0.1, 0.15) is 0 Å². The molecule has 1 atom stereocenters. The van der Waals surface area contributed by atoms with Gasteiger partial charge in [-0.15, -0.1) is 0 Å². The van der Waals surface area contributed by atoms with Crippen LogP contribution in [0, 0.1) is 16.0 Å². The van der Waals surface area contributed by atoms with E-state index in [1.54, 1.807) is 6.07 Å². The van der Waals surface area contributed by atoms with Crippen molar-refractivity contribution in [3.63, 3.8) is 0 Å². The van der Waals surface area contributed by atoms with E-state index in [0.29, 0.717) is 12.0 Å². The third kappa shape index (κ3) is 5.46. The van der Waals surface area contributed by atoms with E-state index >= 15 is 0 Å². The molecule has 1 aromatic rings. The normalized spacial score (nSPS) is 12.8. The first kappa shape index (κ1) is 16.9. The van der Waals surface area contributed by atoms with Crippen molar-refractivity contribution in [2.24, 2.45) is 5.92 Å². The molecule has 1 unspecified atom stereocenters. The second kappa shape index (κ2) is 7.59. The maximum absolute atomic E-state index is 10.7. The number of nitro benzene ring substituents is 1. The van der Waals surface area contributed by atoms with Crippen molar-refractivity contribution in [2.75, 3.05) is 26.0 Å². The molecule has 0 aliphatic heterocycles. The van der Waals surface area contributed by atoms with Crippen LogP contribution in [0.2, 0.25) is 0 Å². The van der Waals surface area contributed by atoms with E-state index in [-0.39, 0.29) is 10.6 Å². The molecule has 6 heteroatoms.